The molecule has 0 aromatic carbocycles. The summed E-state index contributed by atoms with van der Waals surface area (Å²) < 4.78 is 32.8. The first-order valence-corrected chi connectivity index (χ1v) is 11.4. The molecule has 9 heteroatoms. The molecule has 0 N–H and O–H groups in total. The molecule has 29 heavy (non-hydrogen) atoms. The van der Waals surface area contributed by atoms with Crippen LogP contribution in [0.5, 0.6) is 0 Å². The van der Waals surface area contributed by atoms with E-state index in [1.54, 1.807) is 26.2 Å². The fraction of sp³-hybridized carbons (Fsp3) is 0.550. The summed E-state index contributed by atoms with van der Waals surface area (Å²) in [6.07, 6.45) is 6.84. The lowest BCUT2D eigenvalue weighted by atomic mass is 9.97. The highest BCUT2D eigenvalue weighted by atomic mass is 32.2. The molecule has 1 saturated carbocycles. The van der Waals surface area contributed by atoms with Gasteiger partial charge in [0.15, 0.2) is 5.76 Å². The van der Waals surface area contributed by atoms with Crippen molar-refractivity contribution >= 4 is 15.9 Å². The molecule has 1 atom stereocenters. The van der Waals surface area contributed by atoms with Gasteiger partial charge in [0.2, 0.25) is 15.9 Å². The maximum Gasteiger partial charge on any atom is 0.248 e. The van der Waals surface area contributed by atoms with Crippen LogP contribution in [0.4, 0.5) is 0 Å². The first-order chi connectivity index (χ1) is 13.9. The van der Waals surface area contributed by atoms with Crippen molar-refractivity contribution in [2.24, 2.45) is 5.92 Å². The van der Waals surface area contributed by atoms with Gasteiger partial charge < -0.3 is 9.42 Å². The van der Waals surface area contributed by atoms with Crippen molar-refractivity contribution in [2.45, 2.75) is 57.0 Å². The molecule has 2 aromatic rings. The highest BCUT2D eigenvalue weighted by Gasteiger charge is 2.40. The maximum atomic E-state index is 13.3. The van der Waals surface area contributed by atoms with Crippen molar-refractivity contribution in [3.8, 4) is 0 Å². The number of nitrogens with zero attached hydrogens (tertiary/aromatic N) is 4. The van der Waals surface area contributed by atoms with Crippen LogP contribution in [-0.2, 0) is 21.4 Å². The Morgan fingerprint density at radius 2 is 2.10 bits per heavy atom. The van der Waals surface area contributed by atoms with Gasteiger partial charge in [-0.1, -0.05) is 11.2 Å². The predicted octanol–water partition coefficient (Wildman–Crippen LogP) is 2.28. The second kappa shape index (κ2) is 7.87. The van der Waals surface area contributed by atoms with E-state index in [1.165, 1.54) is 4.31 Å². The Hall–Kier alpha value is -2.26. The Morgan fingerprint density at radius 1 is 1.31 bits per heavy atom. The van der Waals surface area contributed by atoms with E-state index in [4.69, 9.17) is 4.52 Å². The molecule has 1 aliphatic carbocycles. The fourth-order valence-electron chi connectivity index (χ4n) is 4.03. The van der Waals surface area contributed by atoms with Crippen LogP contribution >= 0.6 is 0 Å². The van der Waals surface area contributed by atoms with Crippen LogP contribution in [0.25, 0.3) is 0 Å². The largest absolute Gasteiger partial charge is 0.360 e. The Morgan fingerprint density at radius 3 is 2.72 bits per heavy atom. The molecule has 0 spiro atoms. The van der Waals surface area contributed by atoms with Crippen LogP contribution in [0.1, 0.15) is 42.7 Å². The molecular formula is C20H26N4O4S. The number of aryl methyl sites for hydroxylation is 2. The molecule has 3 heterocycles. The monoisotopic (exact) mass is 418 g/mol. The van der Waals surface area contributed by atoms with Gasteiger partial charge in [-0.05, 0) is 51.2 Å². The highest BCUT2D eigenvalue weighted by molar-refractivity contribution is 7.89. The van der Waals surface area contributed by atoms with Crippen LogP contribution in [0.15, 0.2) is 33.9 Å². The van der Waals surface area contributed by atoms with Gasteiger partial charge in [-0.2, -0.15) is 4.31 Å². The summed E-state index contributed by atoms with van der Waals surface area (Å²) >= 11 is 0. The van der Waals surface area contributed by atoms with E-state index in [1.807, 2.05) is 17.0 Å². The van der Waals surface area contributed by atoms with Crippen LogP contribution < -0.4 is 0 Å². The molecule has 0 radical (unpaired) electrons. The van der Waals surface area contributed by atoms with E-state index in [0.717, 1.165) is 18.4 Å². The number of carbonyl (C=O) groups excluding carboxylic acids is 1. The highest BCUT2D eigenvalue weighted by Crippen LogP contribution is 2.33. The lowest BCUT2D eigenvalue weighted by Crippen LogP contribution is -2.47. The van der Waals surface area contributed by atoms with E-state index < -0.39 is 10.0 Å². The SMILES string of the molecule is Cc1noc(C)c1S(=O)(=O)N1CCCC(C(=O)N(Cc2cccnc2)C2CC2)C1. The van der Waals surface area contributed by atoms with Crippen molar-refractivity contribution < 1.29 is 17.7 Å². The van der Waals surface area contributed by atoms with E-state index in [2.05, 4.69) is 10.1 Å². The van der Waals surface area contributed by atoms with Gasteiger partial charge in [-0.25, -0.2) is 8.42 Å². The number of hydrogen-bond acceptors (Lipinski definition) is 6. The second-order valence-corrected chi connectivity index (χ2v) is 9.79. The summed E-state index contributed by atoms with van der Waals surface area (Å²) in [5, 5.41) is 3.78. The van der Waals surface area contributed by atoms with Crippen molar-refractivity contribution in [2.75, 3.05) is 13.1 Å². The summed E-state index contributed by atoms with van der Waals surface area (Å²) in [4.78, 5) is 19.5. The van der Waals surface area contributed by atoms with Crippen molar-refractivity contribution in [1.29, 1.82) is 0 Å². The number of rotatable bonds is 6. The molecule has 0 bridgehead atoms. The van der Waals surface area contributed by atoms with Gasteiger partial charge in [0.25, 0.3) is 0 Å². The van der Waals surface area contributed by atoms with E-state index >= 15 is 0 Å². The smallest absolute Gasteiger partial charge is 0.248 e. The van der Waals surface area contributed by atoms with Gasteiger partial charge in [-0.3, -0.25) is 9.78 Å². The van der Waals surface area contributed by atoms with Gasteiger partial charge in [-0.15, -0.1) is 0 Å². The molecule has 4 rings (SSSR count). The molecule has 1 amide bonds. The van der Waals surface area contributed by atoms with Crippen molar-refractivity contribution in [1.82, 2.24) is 19.3 Å². The summed E-state index contributed by atoms with van der Waals surface area (Å²) in [7, 11) is -3.74. The van der Waals surface area contributed by atoms with Gasteiger partial charge in [0.05, 0.1) is 5.92 Å². The number of hydrogen-bond donors (Lipinski definition) is 0. The zero-order chi connectivity index (χ0) is 20.6. The molecular weight excluding hydrogens is 392 g/mol. The van der Waals surface area contributed by atoms with Crippen LogP contribution in [-0.4, -0.2) is 52.8 Å². The van der Waals surface area contributed by atoms with Crippen molar-refractivity contribution in [3.63, 3.8) is 0 Å². The molecule has 1 aliphatic heterocycles. The third kappa shape index (κ3) is 4.06. The maximum absolute atomic E-state index is 13.3. The predicted molar refractivity (Wildman–Crippen MR) is 105 cm³/mol. The molecule has 2 aromatic heterocycles. The van der Waals surface area contributed by atoms with E-state index in [0.29, 0.717) is 31.6 Å². The standard InChI is InChI=1S/C20H26N4O4S/c1-14-19(15(2)28-22-14)29(26,27)23-10-4-6-17(13-23)20(25)24(18-7-8-18)12-16-5-3-9-21-11-16/h3,5,9,11,17-18H,4,6-8,10,12-13H2,1-2H3. The normalized spacial score (nSPS) is 20.6. The molecule has 2 aliphatic rings. The first kappa shape index (κ1) is 20.0. The lowest BCUT2D eigenvalue weighted by Gasteiger charge is -2.34. The minimum Gasteiger partial charge on any atom is -0.360 e. The summed E-state index contributed by atoms with van der Waals surface area (Å²) in [5.41, 5.74) is 1.34. The molecule has 8 nitrogen and oxygen atoms in total. The average molecular weight is 419 g/mol. The first-order valence-electron chi connectivity index (χ1n) is 10.0. The molecule has 2 fully saturated rings. The van der Waals surface area contributed by atoms with Crippen LogP contribution in [0.2, 0.25) is 0 Å². The summed E-state index contributed by atoms with van der Waals surface area (Å²) in [6.45, 7) is 4.34. The quantitative estimate of drug-likeness (QED) is 0.714. The second-order valence-electron chi connectivity index (χ2n) is 7.91. The van der Waals surface area contributed by atoms with E-state index in [9.17, 15) is 13.2 Å². The lowest BCUT2D eigenvalue weighted by molar-refractivity contribution is -0.138. The number of carbonyl (C=O) groups is 1. The zero-order valence-electron chi connectivity index (χ0n) is 16.7. The Labute approximate surface area is 170 Å². The summed E-state index contributed by atoms with van der Waals surface area (Å²) in [5.74, 6) is -0.0154. The topological polar surface area (TPSA) is 96.6 Å². The van der Waals surface area contributed by atoms with Gasteiger partial charge >= 0.3 is 0 Å². The minimum atomic E-state index is -3.74. The Kier molecular flexibility index (Phi) is 5.44. The molecule has 156 valence electrons. The fourth-order valence-corrected chi connectivity index (χ4v) is 5.85. The number of sulfonamides is 1. The number of pyridine rings is 1. The average Bonchev–Trinajstić information content (AvgIpc) is 3.50. The third-order valence-electron chi connectivity index (χ3n) is 5.65. The summed E-state index contributed by atoms with van der Waals surface area (Å²) in [6, 6.07) is 4.08. The minimum absolute atomic E-state index is 0.0371. The third-order valence-corrected chi connectivity index (χ3v) is 7.76. The Balaban J connectivity index is 1.52. The van der Waals surface area contributed by atoms with Gasteiger partial charge in [0, 0.05) is 38.1 Å². The zero-order valence-corrected chi connectivity index (χ0v) is 17.6. The molecule has 1 saturated heterocycles. The van der Waals surface area contributed by atoms with E-state index in [-0.39, 0.29) is 35.1 Å². The number of aromatic nitrogens is 2. The number of piperidine rings is 1. The Bertz CT molecular complexity index is 966. The number of amides is 1. The van der Waals surface area contributed by atoms with Crippen LogP contribution in [0, 0.1) is 19.8 Å². The van der Waals surface area contributed by atoms with Crippen LogP contribution in [0.3, 0.4) is 0 Å². The van der Waals surface area contributed by atoms with Crippen molar-refractivity contribution in [3.05, 3.63) is 41.5 Å². The van der Waals surface area contributed by atoms with Gasteiger partial charge in [0.1, 0.15) is 10.6 Å². The molecule has 1 unspecified atom stereocenters.